The Balaban J connectivity index is 0.000000143. The Morgan fingerprint density at radius 1 is 0.282 bits per heavy atom. The molecule has 4 unspecified atom stereocenters. The molecular weight excluding hydrogens is 1430 g/mol. The second-order valence-corrected chi connectivity index (χ2v) is 32.1. The molecule has 0 N–H and O–H groups in total. The number of anilines is 10. The monoisotopic (exact) mass is 1500 g/mol. The van der Waals surface area contributed by atoms with Gasteiger partial charge in [-0.2, -0.15) is 10.5 Å². The molecule has 14 aromatic carbocycles. The molecule has 11 heteroatoms. The highest BCUT2D eigenvalue weighted by molar-refractivity contribution is 6.14. The maximum absolute atomic E-state index is 12.3. The molecule has 0 radical (unpaired) electrons. The van der Waals surface area contributed by atoms with Gasteiger partial charge in [0.1, 0.15) is 23.3 Å². The van der Waals surface area contributed by atoms with E-state index in [0.29, 0.717) is 33.9 Å². The van der Waals surface area contributed by atoms with Gasteiger partial charge >= 0.3 is 0 Å². The molecule has 6 aliphatic rings. The van der Waals surface area contributed by atoms with Crippen molar-refractivity contribution in [3.8, 4) is 52.0 Å². The van der Waals surface area contributed by atoms with Crippen molar-refractivity contribution in [1.29, 1.82) is 10.5 Å². The standard InChI is InChI=1S/C56H36N6.C50H41N5/c57-33-43-53(59-45-25-9-1-17-35(45)36-18-2-10-26-46(36)59)54(60-47-27-11-3-19-37(47)38-20-4-12-28-48(38)60)44(34-58)56(62-51-31-15-7-23-41(51)42-24-8-16-32-52(42)62)55(43)61-49-29-13-5-21-39(49)40-22-6-14-30-50(40)61;1-49(2)39-18-8-12-22-43(39)53(44-23-13-9-19-40(44)49)37-30-26-34(27-31-37)47-51-52-48(55(47)36-16-6-5-7-17-36)35-28-32-38(33-29-35)54-45-24-14-10-20-41(45)50(3,4)42-21-11-15-25-46(42)54/h1-32,35,39,45,49H;5-33H,1-4H3. The first-order valence-corrected chi connectivity index (χ1v) is 40.3. The maximum Gasteiger partial charge on any atom is 0.168 e. The Labute approximate surface area is 679 Å². The maximum atomic E-state index is 12.3. The van der Waals surface area contributed by atoms with E-state index in [0.717, 1.165) is 94.8 Å². The number of rotatable bonds is 9. The van der Waals surface area contributed by atoms with E-state index in [2.05, 4.69) is 437 Å². The number of hydrogen-bond acceptors (Lipinski definition) is 8. The summed E-state index contributed by atoms with van der Waals surface area (Å²) in [5.41, 5.74) is 27.1. The lowest BCUT2D eigenvalue weighted by Crippen LogP contribution is -2.34. The van der Waals surface area contributed by atoms with Gasteiger partial charge in [-0.05, 0) is 155 Å². The first-order chi connectivity index (χ1) is 57.6. The Morgan fingerprint density at radius 2 is 0.581 bits per heavy atom. The van der Waals surface area contributed by atoms with Crippen LogP contribution in [0.25, 0.3) is 83.4 Å². The summed E-state index contributed by atoms with van der Waals surface area (Å²) in [4.78, 5) is 9.50. The van der Waals surface area contributed by atoms with Gasteiger partial charge in [0.15, 0.2) is 11.6 Å². The molecule has 23 rings (SSSR count). The third kappa shape index (κ3) is 10.3. The van der Waals surface area contributed by atoms with Gasteiger partial charge in [-0.1, -0.05) is 276 Å². The van der Waals surface area contributed by atoms with E-state index >= 15 is 0 Å². The van der Waals surface area contributed by atoms with Crippen LogP contribution in [0.1, 0.15) is 84.0 Å². The third-order valence-corrected chi connectivity index (χ3v) is 25.3. The van der Waals surface area contributed by atoms with E-state index in [1.807, 2.05) is 6.07 Å². The summed E-state index contributed by atoms with van der Waals surface area (Å²) < 4.78 is 6.71. The van der Waals surface area contributed by atoms with Crippen molar-refractivity contribution in [2.45, 2.75) is 62.4 Å². The van der Waals surface area contributed by atoms with Crippen molar-refractivity contribution in [3.63, 3.8) is 0 Å². The van der Waals surface area contributed by atoms with Gasteiger partial charge in [-0.25, -0.2) is 0 Å². The Hall–Kier alpha value is -15.0. The molecular formula is C106H77N11. The SMILES string of the molecule is CC1(C)c2ccccc2N(c2ccc(-c3nnc(-c4ccc(N5c6ccccc6C(C)(C)c6ccccc65)cc4)n3-c3ccccc3)cc2)c2ccccc21.N#Cc1c(N2c3ccccc3C3C=CC=CC32)c(-n2c3ccccc3c3ccccc32)c(C#N)c(-n2c3ccccc3c3ccccc32)c1N1c2ccccc2C2C=CC=CC21. The average molecular weight is 1500 g/mol. The molecule has 17 aromatic rings. The van der Waals surface area contributed by atoms with Crippen molar-refractivity contribution in [2.24, 2.45) is 0 Å². The molecule has 0 saturated carbocycles. The molecule has 2 aliphatic carbocycles. The zero-order valence-electron chi connectivity index (χ0n) is 64.9. The summed E-state index contributed by atoms with van der Waals surface area (Å²) in [6.45, 7) is 9.27. The van der Waals surface area contributed by atoms with E-state index in [1.165, 1.54) is 56.1 Å². The minimum absolute atomic E-state index is 0.0445. The minimum atomic E-state index is -0.147. The molecule has 0 fully saturated rings. The average Bonchev–Trinajstić information content (AvgIpc) is 1.54. The number of nitrogens with zero attached hydrogens (tertiary/aromatic N) is 11. The van der Waals surface area contributed by atoms with Crippen LogP contribution in [0.3, 0.4) is 0 Å². The van der Waals surface area contributed by atoms with E-state index in [9.17, 15) is 10.5 Å². The molecule has 11 nitrogen and oxygen atoms in total. The van der Waals surface area contributed by atoms with Crippen molar-refractivity contribution in [3.05, 3.63) is 415 Å². The van der Waals surface area contributed by atoms with E-state index in [1.54, 1.807) is 0 Å². The molecule has 3 aromatic heterocycles. The fourth-order valence-corrected chi connectivity index (χ4v) is 20.1. The second-order valence-electron chi connectivity index (χ2n) is 32.1. The van der Waals surface area contributed by atoms with Crippen LogP contribution in [0.2, 0.25) is 0 Å². The molecule has 117 heavy (non-hydrogen) atoms. The zero-order valence-corrected chi connectivity index (χ0v) is 64.9. The number of allylic oxidation sites excluding steroid dienone is 4. The Bertz CT molecular complexity index is 6570. The first-order valence-electron chi connectivity index (χ1n) is 40.3. The molecule has 4 atom stereocenters. The second kappa shape index (κ2) is 26.8. The smallest absolute Gasteiger partial charge is 0.168 e. The first kappa shape index (κ1) is 68.7. The van der Waals surface area contributed by atoms with Crippen LogP contribution in [0.4, 0.5) is 56.9 Å². The predicted octanol–water partition coefficient (Wildman–Crippen LogP) is 25.9. The summed E-state index contributed by atoms with van der Waals surface area (Å²) >= 11 is 0. The van der Waals surface area contributed by atoms with Crippen molar-refractivity contribution in [2.75, 3.05) is 19.6 Å². The highest BCUT2D eigenvalue weighted by atomic mass is 15.3. The predicted molar refractivity (Wildman–Crippen MR) is 477 cm³/mol. The molecule has 0 amide bonds. The molecule has 7 heterocycles. The lowest BCUT2D eigenvalue weighted by atomic mass is 9.73. The lowest BCUT2D eigenvalue weighted by Gasteiger charge is -2.42. The normalized spacial score (nSPS) is 17.1. The van der Waals surface area contributed by atoms with Gasteiger partial charge in [0.2, 0.25) is 0 Å². The van der Waals surface area contributed by atoms with Gasteiger partial charge in [-0.3, -0.25) is 4.57 Å². The number of fused-ring (bicyclic) bond motifs is 16. The summed E-state index contributed by atoms with van der Waals surface area (Å²) in [6.07, 6.45) is 17.5. The molecule has 0 bridgehead atoms. The van der Waals surface area contributed by atoms with Gasteiger partial charge in [0.25, 0.3) is 0 Å². The van der Waals surface area contributed by atoms with Crippen LogP contribution >= 0.6 is 0 Å². The topological polar surface area (TPSA) is 101 Å². The van der Waals surface area contributed by atoms with E-state index in [-0.39, 0.29) is 34.7 Å². The van der Waals surface area contributed by atoms with Crippen LogP contribution in [-0.2, 0) is 10.8 Å². The van der Waals surface area contributed by atoms with Crippen LogP contribution in [-0.4, -0.2) is 36.0 Å². The summed E-state index contributed by atoms with van der Waals surface area (Å²) in [5, 5.41) is 38.6. The molecule has 556 valence electrons. The van der Waals surface area contributed by atoms with Gasteiger partial charge in [-0.15, -0.1) is 10.2 Å². The summed E-state index contributed by atoms with van der Waals surface area (Å²) in [7, 11) is 0. The molecule has 0 spiro atoms. The van der Waals surface area contributed by atoms with Gasteiger partial charge < -0.3 is 28.7 Å². The van der Waals surface area contributed by atoms with Crippen LogP contribution in [0.5, 0.6) is 0 Å². The lowest BCUT2D eigenvalue weighted by molar-refractivity contribution is 0.632. The van der Waals surface area contributed by atoms with Gasteiger partial charge in [0.05, 0.1) is 79.6 Å². The summed E-state index contributed by atoms with van der Waals surface area (Å²) in [5.74, 6) is 1.67. The fourth-order valence-electron chi connectivity index (χ4n) is 20.1. The van der Waals surface area contributed by atoms with Crippen molar-refractivity contribution in [1.82, 2.24) is 23.9 Å². The zero-order chi connectivity index (χ0) is 78.4. The minimum Gasteiger partial charge on any atom is -0.330 e. The highest BCUT2D eigenvalue weighted by Crippen LogP contribution is 2.60. The van der Waals surface area contributed by atoms with Crippen LogP contribution < -0.4 is 19.6 Å². The number of nitriles is 2. The van der Waals surface area contributed by atoms with Crippen LogP contribution in [0, 0.1) is 22.7 Å². The van der Waals surface area contributed by atoms with E-state index < -0.39 is 0 Å². The van der Waals surface area contributed by atoms with Crippen molar-refractivity contribution >= 4 is 100 Å². The van der Waals surface area contributed by atoms with Crippen LogP contribution in [0.15, 0.2) is 370 Å². The number of aromatic nitrogens is 5. The number of benzene rings is 14. The molecule has 4 aliphatic heterocycles. The highest BCUT2D eigenvalue weighted by Gasteiger charge is 2.47. The Kier molecular flexibility index (Phi) is 15.8. The largest absolute Gasteiger partial charge is 0.330 e. The van der Waals surface area contributed by atoms with Gasteiger partial charge in [0, 0.05) is 83.8 Å². The third-order valence-electron chi connectivity index (χ3n) is 25.3. The number of para-hydroxylation sites is 11. The van der Waals surface area contributed by atoms with Crippen molar-refractivity contribution < 1.29 is 0 Å². The molecule has 0 saturated heterocycles. The Morgan fingerprint density at radius 3 is 0.940 bits per heavy atom. The number of hydrogen-bond donors (Lipinski definition) is 0. The van der Waals surface area contributed by atoms with E-state index in [4.69, 9.17) is 10.2 Å². The quantitative estimate of drug-likeness (QED) is 0.141. The summed E-state index contributed by atoms with van der Waals surface area (Å²) in [6, 6.07) is 119. The fraction of sp³-hybridized carbons (Fsp3) is 0.0943.